The van der Waals surface area contributed by atoms with Crippen molar-refractivity contribution in [2.45, 2.75) is 19.8 Å². The molecule has 170 valence electrons. The summed E-state index contributed by atoms with van der Waals surface area (Å²) in [6, 6.07) is 23.3. The van der Waals surface area contributed by atoms with Crippen LogP contribution in [0.4, 0.5) is 11.4 Å². The summed E-state index contributed by atoms with van der Waals surface area (Å²) in [7, 11) is 1.73. The molecule has 7 heteroatoms. The molecular formula is C26H27N3O3S. The van der Waals surface area contributed by atoms with Gasteiger partial charge in [0.05, 0.1) is 6.61 Å². The SMILES string of the molecule is CCCCOc1ccc(C(=O)NC(=S)Nc2ccc(C(=O)N(C)c3ccccc3)cc2)cc1. The molecule has 0 spiro atoms. The molecule has 0 aliphatic carbocycles. The molecule has 0 aliphatic heterocycles. The van der Waals surface area contributed by atoms with Gasteiger partial charge in [0.1, 0.15) is 5.75 Å². The Hall–Kier alpha value is -3.71. The van der Waals surface area contributed by atoms with E-state index in [9.17, 15) is 9.59 Å². The molecule has 3 aromatic rings. The van der Waals surface area contributed by atoms with E-state index in [-0.39, 0.29) is 16.9 Å². The van der Waals surface area contributed by atoms with Crippen LogP contribution < -0.4 is 20.3 Å². The van der Waals surface area contributed by atoms with E-state index in [0.29, 0.717) is 23.4 Å². The van der Waals surface area contributed by atoms with Crippen molar-refractivity contribution in [2.24, 2.45) is 0 Å². The number of para-hydroxylation sites is 1. The van der Waals surface area contributed by atoms with Gasteiger partial charge >= 0.3 is 0 Å². The first kappa shape index (κ1) is 23.9. The molecule has 0 bridgehead atoms. The van der Waals surface area contributed by atoms with Crippen LogP contribution in [-0.4, -0.2) is 30.6 Å². The molecule has 0 heterocycles. The third kappa shape index (κ3) is 6.89. The van der Waals surface area contributed by atoms with Crippen LogP contribution in [0.5, 0.6) is 5.75 Å². The first-order valence-electron chi connectivity index (χ1n) is 10.8. The first-order chi connectivity index (χ1) is 16.0. The Labute approximate surface area is 199 Å². The molecule has 0 aromatic heterocycles. The number of anilines is 2. The summed E-state index contributed by atoms with van der Waals surface area (Å²) in [5.74, 6) is 0.294. The fourth-order valence-corrected chi connectivity index (χ4v) is 3.24. The number of amides is 2. The summed E-state index contributed by atoms with van der Waals surface area (Å²) in [6.07, 6.45) is 2.05. The summed E-state index contributed by atoms with van der Waals surface area (Å²) >= 11 is 5.26. The topological polar surface area (TPSA) is 70.7 Å². The number of nitrogens with one attached hydrogen (secondary N) is 2. The van der Waals surface area contributed by atoms with E-state index in [1.165, 1.54) is 0 Å². The lowest BCUT2D eigenvalue weighted by atomic mass is 10.1. The van der Waals surface area contributed by atoms with Gasteiger partial charge in [0.15, 0.2) is 5.11 Å². The molecule has 6 nitrogen and oxygen atoms in total. The quantitative estimate of drug-likeness (QED) is 0.353. The highest BCUT2D eigenvalue weighted by Crippen LogP contribution is 2.17. The zero-order valence-corrected chi connectivity index (χ0v) is 19.5. The Morgan fingerprint density at radius 3 is 2.18 bits per heavy atom. The zero-order chi connectivity index (χ0) is 23.6. The van der Waals surface area contributed by atoms with Crippen LogP contribution in [0.15, 0.2) is 78.9 Å². The van der Waals surface area contributed by atoms with Gasteiger partial charge < -0.3 is 15.0 Å². The van der Waals surface area contributed by atoms with E-state index in [4.69, 9.17) is 17.0 Å². The highest BCUT2D eigenvalue weighted by Gasteiger charge is 2.13. The Morgan fingerprint density at radius 1 is 0.909 bits per heavy atom. The minimum Gasteiger partial charge on any atom is -0.494 e. The van der Waals surface area contributed by atoms with Gasteiger partial charge in [0.25, 0.3) is 11.8 Å². The number of rotatable bonds is 8. The van der Waals surface area contributed by atoms with Crippen LogP contribution in [0, 0.1) is 0 Å². The zero-order valence-electron chi connectivity index (χ0n) is 18.7. The average Bonchev–Trinajstić information content (AvgIpc) is 2.84. The number of thiocarbonyl (C=S) groups is 1. The molecule has 0 fully saturated rings. The number of carbonyl (C=O) groups excluding carboxylic acids is 2. The van der Waals surface area contributed by atoms with Crippen LogP contribution in [0.1, 0.15) is 40.5 Å². The van der Waals surface area contributed by atoms with Crippen LogP contribution >= 0.6 is 12.2 Å². The number of unbranched alkanes of at least 4 members (excludes halogenated alkanes) is 1. The minimum atomic E-state index is -0.316. The monoisotopic (exact) mass is 461 g/mol. The van der Waals surface area contributed by atoms with Crippen LogP contribution in [0.25, 0.3) is 0 Å². The van der Waals surface area contributed by atoms with Gasteiger partial charge in [-0.25, -0.2) is 0 Å². The fraction of sp³-hybridized carbons (Fsp3) is 0.192. The summed E-state index contributed by atoms with van der Waals surface area (Å²) < 4.78 is 5.61. The van der Waals surface area contributed by atoms with Gasteiger partial charge in [-0.1, -0.05) is 31.5 Å². The predicted octanol–water partition coefficient (Wildman–Crippen LogP) is 5.27. The molecule has 0 unspecified atom stereocenters. The predicted molar refractivity (Wildman–Crippen MR) is 136 cm³/mol. The number of hydrogen-bond donors (Lipinski definition) is 2. The highest BCUT2D eigenvalue weighted by molar-refractivity contribution is 7.80. The summed E-state index contributed by atoms with van der Waals surface area (Å²) in [5.41, 5.74) is 2.50. The second-order valence-electron chi connectivity index (χ2n) is 7.41. The Balaban J connectivity index is 1.53. The van der Waals surface area contributed by atoms with Crippen molar-refractivity contribution in [3.8, 4) is 5.75 Å². The van der Waals surface area contributed by atoms with E-state index >= 15 is 0 Å². The van der Waals surface area contributed by atoms with Crippen molar-refractivity contribution < 1.29 is 14.3 Å². The normalized spacial score (nSPS) is 10.2. The minimum absolute atomic E-state index is 0.120. The first-order valence-corrected chi connectivity index (χ1v) is 11.2. The van der Waals surface area contributed by atoms with Crippen molar-refractivity contribution in [1.29, 1.82) is 0 Å². The lowest BCUT2D eigenvalue weighted by molar-refractivity contribution is 0.0974. The maximum absolute atomic E-state index is 12.7. The van der Waals surface area contributed by atoms with Gasteiger partial charge in [0.2, 0.25) is 0 Å². The Kier molecular flexibility index (Phi) is 8.55. The average molecular weight is 462 g/mol. The molecule has 33 heavy (non-hydrogen) atoms. The van der Waals surface area contributed by atoms with Crippen molar-refractivity contribution in [3.63, 3.8) is 0 Å². The lowest BCUT2D eigenvalue weighted by Gasteiger charge is -2.17. The highest BCUT2D eigenvalue weighted by atomic mass is 32.1. The number of carbonyl (C=O) groups is 2. The lowest BCUT2D eigenvalue weighted by Crippen LogP contribution is -2.34. The Bertz CT molecular complexity index is 1080. The van der Waals surface area contributed by atoms with Crippen LogP contribution in [0.3, 0.4) is 0 Å². The largest absolute Gasteiger partial charge is 0.494 e. The maximum Gasteiger partial charge on any atom is 0.258 e. The van der Waals surface area contributed by atoms with E-state index in [2.05, 4.69) is 17.6 Å². The molecule has 3 rings (SSSR count). The molecule has 2 N–H and O–H groups in total. The molecule has 0 saturated heterocycles. The van der Waals surface area contributed by atoms with Crippen molar-refractivity contribution in [2.75, 3.05) is 23.9 Å². The number of hydrogen-bond acceptors (Lipinski definition) is 4. The molecular weight excluding hydrogens is 434 g/mol. The molecule has 3 aromatic carbocycles. The summed E-state index contributed by atoms with van der Waals surface area (Å²) in [6.45, 7) is 2.76. The fourth-order valence-electron chi connectivity index (χ4n) is 3.03. The van der Waals surface area contributed by atoms with Crippen LogP contribution in [-0.2, 0) is 0 Å². The molecule has 0 aliphatic rings. The smallest absolute Gasteiger partial charge is 0.258 e. The van der Waals surface area contributed by atoms with Crippen molar-refractivity contribution in [1.82, 2.24) is 5.32 Å². The summed E-state index contributed by atoms with van der Waals surface area (Å²) in [4.78, 5) is 26.7. The summed E-state index contributed by atoms with van der Waals surface area (Å²) in [5, 5.41) is 5.79. The van der Waals surface area contributed by atoms with Crippen molar-refractivity contribution >= 4 is 40.5 Å². The second-order valence-corrected chi connectivity index (χ2v) is 7.82. The third-order valence-corrected chi connectivity index (χ3v) is 5.15. The van der Waals surface area contributed by atoms with Crippen molar-refractivity contribution in [3.05, 3.63) is 90.0 Å². The molecule has 0 saturated carbocycles. The van der Waals surface area contributed by atoms with E-state index < -0.39 is 0 Å². The maximum atomic E-state index is 12.7. The van der Waals surface area contributed by atoms with E-state index in [0.717, 1.165) is 24.3 Å². The van der Waals surface area contributed by atoms with Gasteiger partial charge in [-0.15, -0.1) is 0 Å². The van der Waals surface area contributed by atoms with Gasteiger partial charge in [0, 0.05) is 29.5 Å². The number of ether oxygens (including phenoxy) is 1. The van der Waals surface area contributed by atoms with Gasteiger partial charge in [-0.05, 0) is 79.3 Å². The number of benzene rings is 3. The van der Waals surface area contributed by atoms with Gasteiger partial charge in [-0.2, -0.15) is 0 Å². The molecule has 2 amide bonds. The number of nitrogens with zero attached hydrogens (tertiary/aromatic N) is 1. The van der Waals surface area contributed by atoms with Gasteiger partial charge in [-0.3, -0.25) is 14.9 Å². The van der Waals surface area contributed by atoms with Crippen LogP contribution in [0.2, 0.25) is 0 Å². The third-order valence-electron chi connectivity index (χ3n) is 4.95. The van der Waals surface area contributed by atoms with E-state index in [1.54, 1.807) is 60.5 Å². The standard InChI is InChI=1S/C26H27N3O3S/c1-3-4-18-32-23-16-12-19(13-17-23)24(30)28-26(33)27-21-14-10-20(11-15-21)25(31)29(2)22-8-6-5-7-9-22/h5-17H,3-4,18H2,1-2H3,(H2,27,28,30,33). The van der Waals surface area contributed by atoms with E-state index in [1.807, 2.05) is 30.3 Å². The molecule has 0 atom stereocenters. The second kappa shape index (κ2) is 11.8. The molecule has 0 radical (unpaired) electrons. The Morgan fingerprint density at radius 2 is 1.55 bits per heavy atom.